The highest BCUT2D eigenvalue weighted by Crippen LogP contribution is 2.79. The first-order valence-electron chi connectivity index (χ1n) is 14.2. The average Bonchev–Trinajstić information content (AvgIpc) is 3.45. The Morgan fingerprint density at radius 3 is 2.50 bits per heavy atom. The first-order valence-corrected chi connectivity index (χ1v) is 15.3. The molecule has 11 atom stereocenters. The van der Waals surface area contributed by atoms with Crippen LogP contribution in [0.1, 0.15) is 71.6 Å². The van der Waals surface area contributed by atoms with Crippen LogP contribution in [0.2, 0.25) is 0 Å². The van der Waals surface area contributed by atoms with E-state index in [0.29, 0.717) is 42.1 Å². The molecule has 6 bridgehead atoms. The summed E-state index contributed by atoms with van der Waals surface area (Å²) in [5.74, 6) is 5.86. The Morgan fingerprint density at radius 2 is 1.75 bits per heavy atom. The SMILES string of the molecule is C=C(C)C(=O)OC1(I)CC2CCC1(COC/C=C(/C)C(=O)OC13CC1C1CC3C3C4CCC(C4)C13)C2. The van der Waals surface area contributed by atoms with Gasteiger partial charge in [0.15, 0.2) is 3.61 Å². The molecule has 7 aliphatic carbocycles. The van der Waals surface area contributed by atoms with Crippen molar-refractivity contribution in [1.82, 2.24) is 0 Å². The van der Waals surface area contributed by atoms with Gasteiger partial charge in [-0.2, -0.15) is 0 Å². The van der Waals surface area contributed by atoms with Crippen LogP contribution in [0.5, 0.6) is 0 Å². The van der Waals surface area contributed by atoms with Crippen molar-refractivity contribution in [2.75, 3.05) is 13.2 Å². The normalized spacial score (nSPS) is 50.8. The fourth-order valence-corrected chi connectivity index (χ4v) is 11.8. The van der Waals surface area contributed by atoms with Crippen LogP contribution in [0, 0.1) is 52.8 Å². The number of ether oxygens (including phenoxy) is 3. The fourth-order valence-electron chi connectivity index (χ4n) is 10.3. The predicted molar refractivity (Wildman–Crippen MR) is 143 cm³/mol. The third-order valence-electron chi connectivity index (χ3n) is 11.8. The summed E-state index contributed by atoms with van der Waals surface area (Å²) in [6.07, 6.45) is 12.7. The van der Waals surface area contributed by atoms with E-state index >= 15 is 0 Å². The molecule has 36 heavy (non-hydrogen) atoms. The van der Waals surface area contributed by atoms with E-state index in [4.69, 9.17) is 14.2 Å². The zero-order valence-electron chi connectivity index (χ0n) is 21.6. The predicted octanol–water partition coefficient (Wildman–Crippen LogP) is 6.00. The Balaban J connectivity index is 0.953. The molecule has 7 saturated carbocycles. The van der Waals surface area contributed by atoms with E-state index in [-0.39, 0.29) is 23.0 Å². The summed E-state index contributed by atoms with van der Waals surface area (Å²) in [5.41, 5.74) is 0.793. The van der Waals surface area contributed by atoms with Gasteiger partial charge in [-0.1, -0.05) is 6.58 Å². The average molecular weight is 607 g/mol. The first kappa shape index (κ1) is 24.2. The molecule has 0 aromatic carbocycles. The van der Waals surface area contributed by atoms with E-state index in [2.05, 4.69) is 29.2 Å². The lowest BCUT2D eigenvalue weighted by molar-refractivity contribution is -0.156. The minimum atomic E-state index is -0.541. The number of carbonyl (C=O) groups excluding carboxylic acids is 2. The molecular weight excluding hydrogens is 567 g/mol. The number of esters is 2. The van der Waals surface area contributed by atoms with Gasteiger partial charge < -0.3 is 14.2 Å². The van der Waals surface area contributed by atoms with Gasteiger partial charge in [0.1, 0.15) is 5.60 Å². The van der Waals surface area contributed by atoms with Gasteiger partial charge in [0.25, 0.3) is 0 Å². The molecule has 0 heterocycles. The van der Waals surface area contributed by atoms with Crippen LogP contribution in [0.3, 0.4) is 0 Å². The second-order valence-corrected chi connectivity index (χ2v) is 15.3. The van der Waals surface area contributed by atoms with Gasteiger partial charge in [-0.05, 0) is 129 Å². The number of hydrogen-bond acceptors (Lipinski definition) is 5. The molecule has 7 rings (SSSR count). The van der Waals surface area contributed by atoms with Crippen molar-refractivity contribution in [1.29, 1.82) is 0 Å². The number of alkyl halides is 1. The Bertz CT molecular complexity index is 1050. The number of hydrogen-bond donors (Lipinski definition) is 0. The van der Waals surface area contributed by atoms with E-state index in [9.17, 15) is 9.59 Å². The van der Waals surface area contributed by atoms with Crippen molar-refractivity contribution < 1.29 is 23.8 Å². The molecule has 0 aliphatic heterocycles. The molecular formula is C30H39IO5. The monoisotopic (exact) mass is 606 g/mol. The minimum Gasteiger partial charge on any atom is -0.455 e. The molecule has 0 saturated heterocycles. The molecule has 5 nitrogen and oxygen atoms in total. The molecule has 196 valence electrons. The topological polar surface area (TPSA) is 61.8 Å². The second kappa shape index (κ2) is 8.06. The smallest absolute Gasteiger partial charge is 0.334 e. The fraction of sp³-hybridized carbons (Fsp3) is 0.800. The summed E-state index contributed by atoms with van der Waals surface area (Å²) in [5, 5.41) is 0. The van der Waals surface area contributed by atoms with Gasteiger partial charge in [-0.3, -0.25) is 0 Å². The summed E-state index contributed by atoms with van der Waals surface area (Å²) in [6.45, 7) is 8.23. The van der Waals surface area contributed by atoms with E-state index in [0.717, 1.165) is 61.7 Å². The van der Waals surface area contributed by atoms with Gasteiger partial charge in [0.05, 0.1) is 13.2 Å². The standard InChI is InChI=1S/C30H39IO5/c1-16(2)26(32)36-30(31)13-18-6-8-28(30,12-18)15-34-9-7-17(3)27(33)35-29-14-23(29)21-11-22(29)25-20-5-4-19(10-20)24(21)25/h7,18-25H,1,4-6,8-15H2,2-3H3/b17-7-. The van der Waals surface area contributed by atoms with Crippen molar-refractivity contribution >= 4 is 34.5 Å². The van der Waals surface area contributed by atoms with Gasteiger partial charge >= 0.3 is 11.9 Å². The Kier molecular flexibility index (Phi) is 5.41. The summed E-state index contributed by atoms with van der Waals surface area (Å²) in [6, 6.07) is 0. The quantitative estimate of drug-likeness (QED) is 0.0847. The Morgan fingerprint density at radius 1 is 0.972 bits per heavy atom. The number of carbonyl (C=O) groups is 2. The van der Waals surface area contributed by atoms with Crippen LogP contribution in [-0.4, -0.2) is 34.4 Å². The number of halogens is 1. The lowest BCUT2D eigenvalue weighted by Crippen LogP contribution is -2.46. The van der Waals surface area contributed by atoms with Crippen LogP contribution in [0.15, 0.2) is 23.8 Å². The van der Waals surface area contributed by atoms with Crippen molar-refractivity contribution in [3.63, 3.8) is 0 Å². The third kappa shape index (κ3) is 3.27. The molecule has 6 heteroatoms. The molecule has 7 fully saturated rings. The van der Waals surface area contributed by atoms with Crippen LogP contribution >= 0.6 is 22.6 Å². The van der Waals surface area contributed by atoms with Gasteiger partial charge in [0, 0.05) is 34.8 Å². The largest absolute Gasteiger partial charge is 0.455 e. The van der Waals surface area contributed by atoms with Crippen LogP contribution in [-0.2, 0) is 23.8 Å². The highest BCUT2D eigenvalue weighted by molar-refractivity contribution is 14.1. The second-order valence-electron chi connectivity index (χ2n) is 13.5. The van der Waals surface area contributed by atoms with E-state index in [1.54, 1.807) is 6.92 Å². The van der Waals surface area contributed by atoms with E-state index < -0.39 is 3.61 Å². The maximum atomic E-state index is 13.1. The summed E-state index contributed by atoms with van der Waals surface area (Å²) >= 11 is 2.34. The zero-order valence-corrected chi connectivity index (χ0v) is 23.8. The van der Waals surface area contributed by atoms with Crippen LogP contribution in [0.25, 0.3) is 0 Å². The summed E-state index contributed by atoms with van der Waals surface area (Å²) in [4.78, 5) is 25.4. The highest BCUT2D eigenvalue weighted by Gasteiger charge is 2.80. The van der Waals surface area contributed by atoms with Crippen molar-refractivity contribution in [3.8, 4) is 0 Å². The highest BCUT2D eigenvalue weighted by atomic mass is 127. The van der Waals surface area contributed by atoms with Crippen molar-refractivity contribution in [3.05, 3.63) is 23.8 Å². The van der Waals surface area contributed by atoms with Gasteiger partial charge in [-0.15, -0.1) is 0 Å². The lowest BCUT2D eigenvalue weighted by Gasteiger charge is -2.41. The maximum absolute atomic E-state index is 13.1. The van der Waals surface area contributed by atoms with Gasteiger partial charge in [0.2, 0.25) is 0 Å². The molecule has 0 radical (unpaired) electrons. The summed E-state index contributed by atoms with van der Waals surface area (Å²) in [7, 11) is 0. The third-order valence-corrected chi connectivity index (χ3v) is 13.6. The lowest BCUT2D eigenvalue weighted by atomic mass is 9.70. The molecule has 0 amide bonds. The number of rotatable bonds is 8. The molecule has 11 unspecified atom stereocenters. The van der Waals surface area contributed by atoms with Crippen LogP contribution < -0.4 is 0 Å². The maximum Gasteiger partial charge on any atom is 0.334 e. The molecule has 7 aliphatic rings. The Hall–Kier alpha value is -0.890. The van der Waals surface area contributed by atoms with E-state index in [1.807, 2.05) is 13.0 Å². The number of fused-ring (bicyclic) bond motifs is 14. The van der Waals surface area contributed by atoms with Gasteiger partial charge in [-0.25, -0.2) is 9.59 Å². The minimum absolute atomic E-state index is 0.140. The molecule has 0 N–H and O–H groups in total. The summed E-state index contributed by atoms with van der Waals surface area (Å²) < 4.78 is 17.9. The van der Waals surface area contributed by atoms with Crippen LogP contribution in [0.4, 0.5) is 0 Å². The zero-order chi connectivity index (χ0) is 25.0. The molecule has 0 spiro atoms. The van der Waals surface area contributed by atoms with Crippen molar-refractivity contribution in [2.45, 2.75) is 80.8 Å². The molecule has 0 aromatic rings. The Labute approximate surface area is 228 Å². The first-order chi connectivity index (χ1) is 17.2. The molecule has 0 aromatic heterocycles. The van der Waals surface area contributed by atoms with E-state index in [1.165, 1.54) is 25.7 Å². The van der Waals surface area contributed by atoms with Crippen molar-refractivity contribution in [2.24, 2.45) is 52.8 Å².